The zero-order valence-electron chi connectivity index (χ0n) is 10.2. The van der Waals surface area contributed by atoms with Crippen LogP contribution in [-0.4, -0.2) is 40.4 Å². The highest BCUT2D eigenvalue weighted by Gasteiger charge is 2.38. The summed E-state index contributed by atoms with van der Waals surface area (Å²) < 4.78 is 0. The molecule has 2 amide bonds. The molecule has 18 heavy (non-hydrogen) atoms. The monoisotopic (exact) mass is 254 g/mol. The van der Waals surface area contributed by atoms with E-state index in [9.17, 15) is 14.4 Å². The Balaban J connectivity index is 1.92. The summed E-state index contributed by atoms with van der Waals surface area (Å²) in [6.07, 6.45) is 2.81. The topological polar surface area (TPSA) is 101 Å². The molecule has 0 aromatic heterocycles. The first-order valence-corrected chi connectivity index (χ1v) is 6.30. The first-order chi connectivity index (χ1) is 8.49. The van der Waals surface area contributed by atoms with E-state index in [4.69, 9.17) is 10.8 Å². The molecular formula is C12H18N2O4. The van der Waals surface area contributed by atoms with Gasteiger partial charge in [0.15, 0.2) is 0 Å². The summed E-state index contributed by atoms with van der Waals surface area (Å²) in [7, 11) is 0. The highest BCUT2D eigenvalue weighted by molar-refractivity contribution is 5.88. The van der Waals surface area contributed by atoms with Crippen LogP contribution in [-0.2, 0) is 14.4 Å². The summed E-state index contributed by atoms with van der Waals surface area (Å²) in [5.74, 6) is -1.88. The Morgan fingerprint density at radius 2 is 1.78 bits per heavy atom. The van der Waals surface area contributed by atoms with Gasteiger partial charge in [0.05, 0.1) is 11.8 Å². The lowest BCUT2D eigenvalue weighted by atomic mass is 9.85. The van der Waals surface area contributed by atoms with Crippen molar-refractivity contribution in [1.29, 1.82) is 0 Å². The molecule has 1 aliphatic heterocycles. The molecule has 2 rings (SSSR count). The number of carbonyl (C=O) groups excluding carboxylic acids is 2. The molecule has 6 nitrogen and oxygen atoms in total. The van der Waals surface area contributed by atoms with E-state index in [-0.39, 0.29) is 30.2 Å². The van der Waals surface area contributed by atoms with Crippen molar-refractivity contribution in [2.45, 2.75) is 38.1 Å². The predicted octanol–water partition coefficient (Wildman–Crippen LogP) is -0.0364. The van der Waals surface area contributed by atoms with Gasteiger partial charge in [-0.15, -0.1) is 0 Å². The van der Waals surface area contributed by atoms with Gasteiger partial charge in [-0.25, -0.2) is 0 Å². The van der Waals surface area contributed by atoms with Crippen LogP contribution in [0.4, 0.5) is 0 Å². The van der Waals surface area contributed by atoms with Gasteiger partial charge in [0.2, 0.25) is 11.8 Å². The molecule has 1 saturated heterocycles. The number of hydrogen-bond acceptors (Lipinski definition) is 3. The molecule has 2 aliphatic rings. The predicted molar refractivity (Wildman–Crippen MR) is 62.4 cm³/mol. The van der Waals surface area contributed by atoms with Crippen molar-refractivity contribution >= 4 is 17.8 Å². The quantitative estimate of drug-likeness (QED) is 0.738. The molecule has 0 spiro atoms. The number of nitrogens with zero attached hydrogens (tertiary/aromatic N) is 1. The summed E-state index contributed by atoms with van der Waals surface area (Å²) in [6, 6.07) is 0.0810. The second-order valence-electron chi connectivity index (χ2n) is 5.19. The number of carbonyl (C=O) groups is 3. The lowest BCUT2D eigenvalue weighted by Gasteiger charge is -2.33. The third-order valence-electron chi connectivity index (χ3n) is 4.05. The minimum Gasteiger partial charge on any atom is -0.481 e. The summed E-state index contributed by atoms with van der Waals surface area (Å²) in [5, 5.41) is 8.91. The van der Waals surface area contributed by atoms with Gasteiger partial charge in [-0.3, -0.25) is 14.4 Å². The molecular weight excluding hydrogens is 236 g/mol. The highest BCUT2D eigenvalue weighted by Crippen LogP contribution is 2.31. The molecule has 2 fully saturated rings. The van der Waals surface area contributed by atoms with E-state index in [0.29, 0.717) is 32.2 Å². The third-order valence-corrected chi connectivity index (χ3v) is 4.05. The maximum Gasteiger partial charge on any atom is 0.306 e. The number of hydrogen-bond donors (Lipinski definition) is 2. The van der Waals surface area contributed by atoms with Crippen molar-refractivity contribution in [2.24, 2.45) is 17.6 Å². The van der Waals surface area contributed by atoms with Crippen molar-refractivity contribution in [3.63, 3.8) is 0 Å². The van der Waals surface area contributed by atoms with E-state index in [1.165, 1.54) is 0 Å². The molecule has 6 heteroatoms. The van der Waals surface area contributed by atoms with Gasteiger partial charge in [-0.1, -0.05) is 0 Å². The SMILES string of the molecule is NC(=O)C1CC(=O)N(C2CCC(C(=O)O)CC2)C1. The van der Waals surface area contributed by atoms with E-state index in [2.05, 4.69) is 0 Å². The van der Waals surface area contributed by atoms with Gasteiger partial charge < -0.3 is 15.7 Å². The number of rotatable bonds is 3. The maximum atomic E-state index is 11.8. The van der Waals surface area contributed by atoms with Crippen LogP contribution < -0.4 is 5.73 Å². The number of aliphatic carboxylic acids is 1. The Bertz CT molecular complexity index is 374. The number of carboxylic acids is 1. The van der Waals surface area contributed by atoms with Gasteiger partial charge in [-0.05, 0) is 25.7 Å². The first kappa shape index (κ1) is 12.9. The minimum absolute atomic E-state index is 0.0300. The van der Waals surface area contributed by atoms with Crippen LogP contribution in [0.1, 0.15) is 32.1 Å². The van der Waals surface area contributed by atoms with E-state index in [1.807, 2.05) is 0 Å². The van der Waals surface area contributed by atoms with E-state index < -0.39 is 11.9 Å². The summed E-state index contributed by atoms with van der Waals surface area (Å²) >= 11 is 0. The van der Waals surface area contributed by atoms with Gasteiger partial charge in [0.1, 0.15) is 0 Å². The van der Waals surface area contributed by atoms with Gasteiger partial charge in [-0.2, -0.15) is 0 Å². The van der Waals surface area contributed by atoms with Gasteiger partial charge in [0.25, 0.3) is 0 Å². The number of primary amides is 1. The average molecular weight is 254 g/mol. The van der Waals surface area contributed by atoms with Crippen LogP contribution in [0.15, 0.2) is 0 Å². The van der Waals surface area contributed by atoms with Crippen LogP contribution in [0.2, 0.25) is 0 Å². The molecule has 0 radical (unpaired) electrons. The second kappa shape index (κ2) is 4.96. The maximum absolute atomic E-state index is 11.8. The van der Waals surface area contributed by atoms with Crippen molar-refractivity contribution in [2.75, 3.05) is 6.54 Å². The van der Waals surface area contributed by atoms with E-state index in [0.717, 1.165) is 0 Å². The largest absolute Gasteiger partial charge is 0.481 e. The Hall–Kier alpha value is -1.59. The van der Waals surface area contributed by atoms with Crippen molar-refractivity contribution in [1.82, 2.24) is 4.90 Å². The number of likely N-dealkylation sites (tertiary alicyclic amines) is 1. The summed E-state index contributed by atoms with van der Waals surface area (Å²) in [4.78, 5) is 35.5. The fraction of sp³-hybridized carbons (Fsp3) is 0.750. The first-order valence-electron chi connectivity index (χ1n) is 6.30. The third kappa shape index (κ3) is 2.47. The zero-order chi connectivity index (χ0) is 13.3. The highest BCUT2D eigenvalue weighted by atomic mass is 16.4. The second-order valence-corrected chi connectivity index (χ2v) is 5.19. The van der Waals surface area contributed by atoms with Crippen molar-refractivity contribution in [3.8, 4) is 0 Å². The summed E-state index contributed by atoms with van der Waals surface area (Å²) in [6.45, 7) is 0.399. The number of amides is 2. The molecule has 1 aliphatic carbocycles. The molecule has 1 atom stereocenters. The van der Waals surface area contributed by atoms with Crippen LogP contribution in [0.25, 0.3) is 0 Å². The standard InChI is InChI=1S/C12H18N2O4/c13-11(16)8-5-10(15)14(6-8)9-3-1-7(2-4-9)12(17)18/h7-9H,1-6H2,(H2,13,16)(H,17,18). The van der Waals surface area contributed by atoms with Crippen molar-refractivity contribution in [3.05, 3.63) is 0 Å². The molecule has 1 unspecified atom stereocenters. The van der Waals surface area contributed by atoms with E-state index >= 15 is 0 Å². The molecule has 100 valence electrons. The van der Waals surface area contributed by atoms with Crippen LogP contribution in [0.5, 0.6) is 0 Å². The Kier molecular flexibility index (Phi) is 3.54. The minimum atomic E-state index is -0.754. The number of carboxylic acid groups (broad SMARTS) is 1. The van der Waals surface area contributed by atoms with Crippen LogP contribution in [0, 0.1) is 11.8 Å². The number of nitrogens with two attached hydrogens (primary N) is 1. The fourth-order valence-electron chi connectivity index (χ4n) is 2.91. The smallest absolute Gasteiger partial charge is 0.306 e. The molecule has 0 aromatic carbocycles. The zero-order valence-corrected chi connectivity index (χ0v) is 10.2. The molecule has 1 heterocycles. The molecule has 0 bridgehead atoms. The lowest BCUT2D eigenvalue weighted by molar-refractivity contribution is -0.143. The summed E-state index contributed by atoms with van der Waals surface area (Å²) in [5.41, 5.74) is 5.22. The average Bonchev–Trinajstić information content (AvgIpc) is 2.71. The Labute approximate surface area is 105 Å². The van der Waals surface area contributed by atoms with Crippen LogP contribution in [0.3, 0.4) is 0 Å². The van der Waals surface area contributed by atoms with Gasteiger partial charge in [0, 0.05) is 19.0 Å². The Morgan fingerprint density at radius 1 is 1.17 bits per heavy atom. The fourth-order valence-corrected chi connectivity index (χ4v) is 2.91. The molecule has 3 N–H and O–H groups in total. The van der Waals surface area contributed by atoms with Gasteiger partial charge >= 0.3 is 5.97 Å². The van der Waals surface area contributed by atoms with Crippen molar-refractivity contribution < 1.29 is 19.5 Å². The Morgan fingerprint density at radius 3 is 2.22 bits per heavy atom. The molecule has 1 saturated carbocycles. The molecule has 0 aromatic rings. The lowest BCUT2D eigenvalue weighted by Crippen LogP contribution is -2.40. The van der Waals surface area contributed by atoms with E-state index in [1.54, 1.807) is 4.90 Å². The normalized spacial score (nSPS) is 32.6. The van der Waals surface area contributed by atoms with Crippen LogP contribution >= 0.6 is 0 Å².